The summed E-state index contributed by atoms with van der Waals surface area (Å²) in [5, 5.41) is 4.22. The highest BCUT2D eigenvalue weighted by Gasteiger charge is 2.08. The van der Waals surface area contributed by atoms with Gasteiger partial charge in [-0.2, -0.15) is 0 Å². The molecule has 0 fully saturated rings. The van der Waals surface area contributed by atoms with Crippen LogP contribution in [0, 0.1) is 0 Å². The van der Waals surface area contributed by atoms with E-state index in [1.54, 1.807) is 0 Å². The molecule has 0 aromatic heterocycles. The van der Waals surface area contributed by atoms with Crippen molar-refractivity contribution in [1.29, 1.82) is 0 Å². The van der Waals surface area contributed by atoms with Gasteiger partial charge in [-0.15, -0.1) is 0 Å². The largest absolute Gasteiger partial charge is 0.112 e. The molecule has 0 spiro atoms. The maximum atomic E-state index is 2.26. The molecule has 0 bridgehead atoms. The van der Waals surface area contributed by atoms with E-state index in [4.69, 9.17) is 0 Å². The minimum absolute atomic E-state index is 0.862. The summed E-state index contributed by atoms with van der Waals surface area (Å²) >= 11 is 0. The van der Waals surface area contributed by atoms with E-state index in [0.717, 1.165) is 9.52 Å². The summed E-state index contributed by atoms with van der Waals surface area (Å²) < 4.78 is 0. The Balaban J connectivity index is 2.49. The minimum Gasteiger partial charge on any atom is -0.0927 e. The van der Waals surface area contributed by atoms with Crippen LogP contribution in [0.25, 0.3) is 16.8 Å². The van der Waals surface area contributed by atoms with Gasteiger partial charge in [0.1, 0.15) is 9.52 Å². The zero-order valence-electron chi connectivity index (χ0n) is 7.12. The van der Waals surface area contributed by atoms with Gasteiger partial charge in [0.25, 0.3) is 0 Å². The average Bonchev–Trinajstić information content (AvgIpc) is 2.65. The lowest BCUT2D eigenvalue weighted by atomic mass is 10.0. The molecule has 60 valence electrons. The van der Waals surface area contributed by atoms with Gasteiger partial charge in [-0.05, 0) is 16.3 Å². The first-order valence-electron chi connectivity index (χ1n) is 4.40. The summed E-state index contributed by atoms with van der Waals surface area (Å²) in [4.78, 5) is 0. The van der Waals surface area contributed by atoms with Crippen molar-refractivity contribution in [1.82, 2.24) is 0 Å². The van der Waals surface area contributed by atoms with Gasteiger partial charge < -0.3 is 0 Å². The van der Waals surface area contributed by atoms with Gasteiger partial charge in [-0.3, -0.25) is 0 Å². The fourth-order valence-corrected chi connectivity index (χ4v) is 2.80. The van der Waals surface area contributed by atoms with Gasteiger partial charge in [-0.1, -0.05) is 53.4 Å². The van der Waals surface area contributed by atoms with Crippen LogP contribution in [0.1, 0.15) is 5.56 Å². The topological polar surface area (TPSA) is 0 Å². The Labute approximate surface area is 79.7 Å². The van der Waals surface area contributed by atoms with Gasteiger partial charge >= 0.3 is 0 Å². The van der Waals surface area contributed by atoms with Crippen molar-refractivity contribution >= 4 is 31.6 Å². The molecule has 3 rings (SSSR count). The summed E-state index contributed by atoms with van der Waals surface area (Å²) in [7, 11) is 0.862. The Hall–Kier alpha value is -1.34. The monoisotopic (exact) mass is 180 g/mol. The lowest BCUT2D eigenvalue weighted by Crippen LogP contribution is -2.10. The third-order valence-corrected chi connectivity index (χ3v) is 3.54. The van der Waals surface area contributed by atoms with Crippen LogP contribution in [0.15, 0.2) is 42.1 Å². The van der Waals surface area contributed by atoms with E-state index in [1.807, 2.05) is 0 Å². The Bertz CT molecular complexity index is 497. The molecule has 0 N–H and O–H groups in total. The molecule has 1 aliphatic rings. The van der Waals surface area contributed by atoms with Crippen LogP contribution in [-0.2, 0) is 0 Å². The maximum Gasteiger partial charge on any atom is 0.112 e. The molecule has 2 aromatic carbocycles. The summed E-state index contributed by atoms with van der Waals surface area (Å²) in [5.74, 6) is 0. The fourth-order valence-electron chi connectivity index (χ4n) is 1.82. The van der Waals surface area contributed by atoms with Gasteiger partial charge in [0.05, 0.1) is 0 Å². The Kier molecular flexibility index (Phi) is 1.40. The van der Waals surface area contributed by atoms with Gasteiger partial charge in [-0.25, -0.2) is 0 Å². The number of hydrogen-bond acceptors (Lipinski definition) is 0. The summed E-state index contributed by atoms with van der Waals surface area (Å²) in [6, 6.07) is 13.0. The standard InChI is InChI=1S/C12H8Si/c1-2-4-10-9(3-1)5-6-12-11(10)7-8-13-12/h1-8H. The minimum atomic E-state index is 0.862. The molecule has 0 saturated carbocycles. The van der Waals surface area contributed by atoms with Crippen LogP contribution < -0.4 is 5.19 Å². The maximum absolute atomic E-state index is 2.26. The van der Waals surface area contributed by atoms with E-state index in [2.05, 4.69) is 48.2 Å². The van der Waals surface area contributed by atoms with Crippen LogP contribution in [0.3, 0.4) is 0 Å². The SMILES string of the molecule is C1=Cc2c(ccc3ccccc23)[Si]1. The molecule has 0 aliphatic carbocycles. The smallest absolute Gasteiger partial charge is 0.0927 e. The van der Waals surface area contributed by atoms with E-state index < -0.39 is 0 Å². The molecule has 1 heterocycles. The van der Waals surface area contributed by atoms with Crippen LogP contribution >= 0.6 is 0 Å². The van der Waals surface area contributed by atoms with Crippen molar-refractivity contribution < 1.29 is 0 Å². The Morgan fingerprint density at radius 2 is 1.85 bits per heavy atom. The highest BCUT2D eigenvalue weighted by atomic mass is 28.2. The number of benzene rings is 2. The van der Waals surface area contributed by atoms with Gasteiger partial charge in [0.15, 0.2) is 0 Å². The predicted octanol–water partition coefficient (Wildman–Crippen LogP) is 2.15. The molecule has 0 nitrogen and oxygen atoms in total. The zero-order chi connectivity index (χ0) is 8.67. The predicted molar refractivity (Wildman–Crippen MR) is 58.4 cm³/mol. The first-order chi connectivity index (χ1) is 6.45. The first kappa shape index (κ1) is 7.10. The lowest BCUT2D eigenvalue weighted by Gasteiger charge is -2.03. The van der Waals surface area contributed by atoms with Crippen molar-refractivity contribution in [2.75, 3.05) is 0 Å². The normalized spacial score (nSPS) is 13.5. The molecule has 0 unspecified atom stereocenters. The fraction of sp³-hybridized carbons (Fsp3) is 0. The van der Waals surface area contributed by atoms with Crippen LogP contribution in [-0.4, -0.2) is 9.52 Å². The molecule has 0 atom stereocenters. The van der Waals surface area contributed by atoms with Gasteiger partial charge in [0.2, 0.25) is 0 Å². The van der Waals surface area contributed by atoms with Crippen molar-refractivity contribution in [2.24, 2.45) is 0 Å². The van der Waals surface area contributed by atoms with Gasteiger partial charge in [0, 0.05) is 0 Å². The summed E-state index contributed by atoms with van der Waals surface area (Å²) in [6.07, 6.45) is 2.25. The van der Waals surface area contributed by atoms with E-state index in [1.165, 1.54) is 21.5 Å². The van der Waals surface area contributed by atoms with Crippen molar-refractivity contribution in [3.8, 4) is 0 Å². The third-order valence-electron chi connectivity index (χ3n) is 2.46. The highest BCUT2D eigenvalue weighted by Crippen LogP contribution is 2.20. The molecule has 13 heavy (non-hydrogen) atoms. The molecule has 0 saturated heterocycles. The molecule has 2 aromatic rings. The molecular formula is C12H8Si. The summed E-state index contributed by atoms with van der Waals surface area (Å²) in [6.45, 7) is 0. The van der Waals surface area contributed by atoms with Crippen LogP contribution in [0.2, 0.25) is 0 Å². The van der Waals surface area contributed by atoms with E-state index >= 15 is 0 Å². The third kappa shape index (κ3) is 0.973. The molecule has 1 heteroatoms. The highest BCUT2D eigenvalue weighted by molar-refractivity contribution is 6.63. The van der Waals surface area contributed by atoms with E-state index in [-0.39, 0.29) is 0 Å². The second-order valence-electron chi connectivity index (χ2n) is 3.23. The second kappa shape index (κ2) is 2.57. The lowest BCUT2D eigenvalue weighted by molar-refractivity contribution is 1.76. The summed E-state index contributed by atoms with van der Waals surface area (Å²) in [5.41, 5.74) is 3.69. The quantitative estimate of drug-likeness (QED) is 0.545. The molecular weight excluding hydrogens is 172 g/mol. The number of fused-ring (bicyclic) bond motifs is 3. The average molecular weight is 180 g/mol. The van der Waals surface area contributed by atoms with Crippen molar-refractivity contribution in [3.63, 3.8) is 0 Å². The Morgan fingerprint density at radius 3 is 2.85 bits per heavy atom. The van der Waals surface area contributed by atoms with Crippen LogP contribution in [0.4, 0.5) is 0 Å². The molecule has 0 amide bonds. The van der Waals surface area contributed by atoms with E-state index in [0.29, 0.717) is 0 Å². The number of rotatable bonds is 0. The van der Waals surface area contributed by atoms with Crippen LogP contribution in [0.5, 0.6) is 0 Å². The molecule has 2 radical (unpaired) electrons. The number of hydrogen-bond donors (Lipinski definition) is 0. The van der Waals surface area contributed by atoms with Crippen molar-refractivity contribution in [3.05, 3.63) is 47.7 Å². The first-order valence-corrected chi connectivity index (χ1v) is 5.48. The second-order valence-corrected chi connectivity index (χ2v) is 4.39. The van der Waals surface area contributed by atoms with Crippen molar-refractivity contribution in [2.45, 2.75) is 0 Å². The molecule has 1 aliphatic heterocycles. The van der Waals surface area contributed by atoms with E-state index in [9.17, 15) is 0 Å². The zero-order valence-corrected chi connectivity index (χ0v) is 8.12. The Morgan fingerprint density at radius 1 is 0.923 bits per heavy atom.